The molecule has 0 saturated carbocycles. The van der Waals surface area contributed by atoms with Crippen molar-refractivity contribution >= 4 is 51.9 Å². The quantitative estimate of drug-likeness (QED) is 0.683. The van der Waals surface area contributed by atoms with Crippen LogP contribution in [-0.4, -0.2) is 23.0 Å². The number of benzene rings is 2. The number of carbonyl (C=O) groups excluding carboxylic acids is 2. The Morgan fingerprint density at radius 3 is 2.60 bits per heavy atom. The topological polar surface area (TPSA) is 81.4 Å². The number of aromatic nitrogens is 1. The SMILES string of the molecule is CC(OC(=O)c1ccc2ncoc2c1)C(=O)Nc1cc(Cl)cc(Cl)c1. The van der Waals surface area contributed by atoms with Gasteiger partial charge in [-0.25, -0.2) is 9.78 Å². The van der Waals surface area contributed by atoms with E-state index in [0.717, 1.165) is 0 Å². The van der Waals surface area contributed by atoms with Crippen LogP contribution in [0, 0.1) is 0 Å². The zero-order valence-corrected chi connectivity index (χ0v) is 14.5. The fourth-order valence-corrected chi connectivity index (χ4v) is 2.66. The number of anilines is 1. The fraction of sp³-hybridized carbons (Fsp3) is 0.118. The van der Waals surface area contributed by atoms with E-state index in [2.05, 4.69) is 10.3 Å². The summed E-state index contributed by atoms with van der Waals surface area (Å²) in [5.41, 5.74) is 1.75. The number of ether oxygens (including phenoxy) is 1. The van der Waals surface area contributed by atoms with E-state index in [9.17, 15) is 9.59 Å². The first-order chi connectivity index (χ1) is 11.9. The molecular formula is C17H12Cl2N2O4. The van der Waals surface area contributed by atoms with Crippen LogP contribution in [0.5, 0.6) is 0 Å². The molecule has 0 aliphatic heterocycles. The lowest BCUT2D eigenvalue weighted by molar-refractivity contribution is -0.123. The van der Waals surface area contributed by atoms with Crippen LogP contribution >= 0.6 is 23.2 Å². The average Bonchev–Trinajstić information content (AvgIpc) is 3.01. The maximum atomic E-state index is 12.2. The summed E-state index contributed by atoms with van der Waals surface area (Å²) in [6, 6.07) is 9.31. The highest BCUT2D eigenvalue weighted by atomic mass is 35.5. The van der Waals surface area contributed by atoms with Crippen molar-refractivity contribution in [1.29, 1.82) is 0 Å². The Morgan fingerprint density at radius 1 is 1.16 bits per heavy atom. The van der Waals surface area contributed by atoms with E-state index in [1.807, 2.05) is 0 Å². The van der Waals surface area contributed by atoms with Crippen molar-refractivity contribution in [3.05, 3.63) is 58.4 Å². The average molecular weight is 379 g/mol. The molecule has 6 nitrogen and oxygen atoms in total. The zero-order chi connectivity index (χ0) is 18.0. The third-order valence-corrected chi connectivity index (χ3v) is 3.79. The minimum Gasteiger partial charge on any atom is -0.449 e. The molecule has 1 amide bonds. The van der Waals surface area contributed by atoms with Crippen LogP contribution in [0.3, 0.4) is 0 Å². The monoisotopic (exact) mass is 378 g/mol. The summed E-state index contributed by atoms with van der Waals surface area (Å²) in [6.07, 6.45) is 0.266. The molecule has 0 saturated heterocycles. The molecule has 0 spiro atoms. The van der Waals surface area contributed by atoms with Crippen LogP contribution in [-0.2, 0) is 9.53 Å². The normalized spacial score (nSPS) is 12.0. The number of amides is 1. The molecule has 3 rings (SSSR count). The summed E-state index contributed by atoms with van der Waals surface area (Å²) >= 11 is 11.8. The molecule has 1 aromatic heterocycles. The van der Waals surface area contributed by atoms with Gasteiger partial charge in [0.05, 0.1) is 5.56 Å². The van der Waals surface area contributed by atoms with Crippen molar-refractivity contribution in [3.63, 3.8) is 0 Å². The Morgan fingerprint density at radius 2 is 1.88 bits per heavy atom. The van der Waals surface area contributed by atoms with Crippen LogP contribution < -0.4 is 5.32 Å². The van der Waals surface area contributed by atoms with Crippen molar-refractivity contribution in [2.45, 2.75) is 13.0 Å². The smallest absolute Gasteiger partial charge is 0.339 e. The van der Waals surface area contributed by atoms with Crippen molar-refractivity contribution in [2.75, 3.05) is 5.32 Å². The molecule has 2 aromatic carbocycles. The lowest BCUT2D eigenvalue weighted by atomic mass is 10.2. The van der Waals surface area contributed by atoms with Crippen molar-refractivity contribution in [2.24, 2.45) is 0 Å². The highest BCUT2D eigenvalue weighted by molar-refractivity contribution is 6.35. The molecule has 3 aromatic rings. The van der Waals surface area contributed by atoms with Gasteiger partial charge in [-0.3, -0.25) is 4.79 Å². The van der Waals surface area contributed by atoms with Crippen molar-refractivity contribution in [1.82, 2.24) is 4.98 Å². The predicted octanol–water partition coefficient (Wildman–Crippen LogP) is 4.32. The van der Waals surface area contributed by atoms with Gasteiger partial charge < -0.3 is 14.5 Å². The number of nitrogens with zero attached hydrogens (tertiary/aromatic N) is 1. The number of nitrogens with one attached hydrogen (secondary N) is 1. The Labute approximate surface area is 152 Å². The standard InChI is InChI=1S/C17H12Cl2N2O4/c1-9(16(22)21-13-6-11(18)5-12(19)7-13)25-17(23)10-2-3-14-15(4-10)24-8-20-14/h2-9H,1H3,(H,21,22). The van der Waals surface area contributed by atoms with Crippen molar-refractivity contribution in [3.8, 4) is 0 Å². The number of esters is 1. The van der Waals surface area contributed by atoms with E-state index in [0.29, 0.717) is 26.8 Å². The Hall–Kier alpha value is -2.57. The number of carbonyl (C=O) groups is 2. The first kappa shape index (κ1) is 17.3. The molecule has 1 heterocycles. The Balaban J connectivity index is 1.66. The second-order valence-corrected chi connectivity index (χ2v) is 6.10. The first-order valence-corrected chi connectivity index (χ1v) is 7.99. The number of oxazole rings is 1. The molecule has 0 aliphatic rings. The van der Waals surface area contributed by atoms with E-state index in [4.69, 9.17) is 32.4 Å². The number of hydrogen-bond acceptors (Lipinski definition) is 5. The third-order valence-electron chi connectivity index (χ3n) is 3.35. The van der Waals surface area contributed by atoms with Gasteiger partial charge in [-0.1, -0.05) is 23.2 Å². The summed E-state index contributed by atoms with van der Waals surface area (Å²) in [6.45, 7) is 1.46. The van der Waals surface area contributed by atoms with Gasteiger partial charge in [0.25, 0.3) is 5.91 Å². The lowest BCUT2D eigenvalue weighted by Gasteiger charge is -2.14. The molecule has 1 atom stereocenters. The molecule has 0 radical (unpaired) electrons. The third kappa shape index (κ3) is 4.10. The maximum absolute atomic E-state index is 12.2. The largest absolute Gasteiger partial charge is 0.449 e. The highest BCUT2D eigenvalue weighted by Gasteiger charge is 2.20. The van der Waals surface area contributed by atoms with Gasteiger partial charge in [0, 0.05) is 15.7 Å². The maximum Gasteiger partial charge on any atom is 0.339 e. The van der Waals surface area contributed by atoms with Crippen LogP contribution in [0.25, 0.3) is 11.1 Å². The van der Waals surface area contributed by atoms with E-state index in [-0.39, 0.29) is 5.56 Å². The van der Waals surface area contributed by atoms with Gasteiger partial charge in [0.1, 0.15) is 5.52 Å². The lowest BCUT2D eigenvalue weighted by Crippen LogP contribution is -2.30. The Bertz CT molecular complexity index is 934. The van der Waals surface area contributed by atoms with Gasteiger partial charge in [-0.15, -0.1) is 0 Å². The molecule has 1 unspecified atom stereocenters. The summed E-state index contributed by atoms with van der Waals surface area (Å²) in [5.74, 6) is -1.16. The molecule has 25 heavy (non-hydrogen) atoms. The number of hydrogen-bond donors (Lipinski definition) is 1. The molecular weight excluding hydrogens is 367 g/mol. The minimum absolute atomic E-state index is 0.259. The van der Waals surface area contributed by atoms with Gasteiger partial charge in [0.2, 0.25) is 0 Å². The minimum atomic E-state index is -1.02. The summed E-state index contributed by atoms with van der Waals surface area (Å²) in [5, 5.41) is 3.36. The summed E-state index contributed by atoms with van der Waals surface area (Å²) in [7, 11) is 0. The molecule has 0 bridgehead atoms. The van der Waals surface area contributed by atoms with E-state index >= 15 is 0 Å². The van der Waals surface area contributed by atoms with E-state index in [1.54, 1.807) is 18.2 Å². The van der Waals surface area contributed by atoms with Crippen LogP contribution in [0.15, 0.2) is 47.2 Å². The van der Waals surface area contributed by atoms with Crippen LogP contribution in [0.4, 0.5) is 5.69 Å². The first-order valence-electron chi connectivity index (χ1n) is 7.23. The molecule has 1 N–H and O–H groups in total. The molecule has 0 aliphatic carbocycles. The number of rotatable bonds is 4. The Kier molecular flexibility index (Phi) is 4.92. The van der Waals surface area contributed by atoms with E-state index in [1.165, 1.54) is 31.5 Å². The molecule has 0 fully saturated rings. The summed E-state index contributed by atoms with van der Waals surface area (Å²) < 4.78 is 10.3. The van der Waals surface area contributed by atoms with Gasteiger partial charge >= 0.3 is 5.97 Å². The predicted molar refractivity (Wildman–Crippen MR) is 94.0 cm³/mol. The van der Waals surface area contributed by atoms with Gasteiger partial charge in [-0.05, 0) is 43.3 Å². The number of halogens is 2. The van der Waals surface area contributed by atoms with Gasteiger partial charge in [-0.2, -0.15) is 0 Å². The van der Waals surface area contributed by atoms with E-state index < -0.39 is 18.0 Å². The highest BCUT2D eigenvalue weighted by Crippen LogP contribution is 2.23. The summed E-state index contributed by atoms with van der Waals surface area (Å²) in [4.78, 5) is 28.3. The second-order valence-electron chi connectivity index (χ2n) is 5.23. The fourth-order valence-electron chi connectivity index (χ4n) is 2.13. The van der Waals surface area contributed by atoms with Gasteiger partial charge in [0.15, 0.2) is 18.1 Å². The number of fused-ring (bicyclic) bond motifs is 1. The zero-order valence-electron chi connectivity index (χ0n) is 13.0. The van der Waals surface area contributed by atoms with Crippen LogP contribution in [0.2, 0.25) is 10.0 Å². The second kappa shape index (κ2) is 7.13. The van der Waals surface area contributed by atoms with Crippen LogP contribution in [0.1, 0.15) is 17.3 Å². The molecule has 128 valence electrons. The molecule has 8 heteroatoms. The van der Waals surface area contributed by atoms with Crippen molar-refractivity contribution < 1.29 is 18.7 Å².